The zero-order chi connectivity index (χ0) is 25.3. The fourth-order valence-corrected chi connectivity index (χ4v) is 6.77. The standard InChI is InChI=1S/C12H18N5O14P3/c1-11-8(19)12(2-27-11,3-28-33(23,24)31-34(25,26)30-32(20,21)22)29-9(11)17-4-14-5-6(17)15-10(13)16-7(5)18/h4,8-9,19H,2-3H2,1H3,(H,23,24)(H,25,26)(H2,20,21,22)(H3,13,15,16,18)/t8-,9+,11+,12+/m0/s1. The summed E-state index contributed by atoms with van der Waals surface area (Å²) in [6.45, 7) is 0.108. The Bertz CT molecular complexity index is 1340. The van der Waals surface area contributed by atoms with Gasteiger partial charge >= 0.3 is 23.5 Å². The zero-order valence-electron chi connectivity index (χ0n) is 16.8. The SMILES string of the molecule is C[C@]12OC[C@](COP(=O)(O)OP(=O)(O)OP(=O)(O)O)(O[C@H]1n1cnc3c(=O)[nH]c(N)nc31)[C@H]2O. The van der Waals surface area contributed by atoms with Crippen LogP contribution in [-0.4, -0.2) is 74.7 Å². The molecule has 0 radical (unpaired) electrons. The molecule has 4 heterocycles. The van der Waals surface area contributed by atoms with Gasteiger partial charge in [0.1, 0.15) is 17.3 Å². The topological polar surface area (TPSA) is 288 Å². The molecular weight excluding hydrogens is 531 g/mol. The Balaban J connectivity index is 1.57. The van der Waals surface area contributed by atoms with Gasteiger partial charge in [-0.1, -0.05) is 0 Å². The van der Waals surface area contributed by atoms with E-state index in [0.717, 1.165) is 0 Å². The highest BCUT2D eigenvalue weighted by atomic mass is 31.3. The molecule has 2 saturated heterocycles. The van der Waals surface area contributed by atoms with Crippen LogP contribution in [0.15, 0.2) is 11.1 Å². The minimum atomic E-state index is -5.74. The van der Waals surface area contributed by atoms with E-state index in [4.69, 9.17) is 25.0 Å². The Labute approximate surface area is 187 Å². The van der Waals surface area contributed by atoms with E-state index in [-0.39, 0.29) is 23.7 Å². The number of H-pyrrole nitrogens is 1. The minimum Gasteiger partial charge on any atom is -0.387 e. The number of aromatic amines is 1. The molecule has 8 N–H and O–H groups in total. The maximum atomic E-state index is 12.1. The molecule has 2 aliphatic heterocycles. The predicted molar refractivity (Wildman–Crippen MR) is 106 cm³/mol. The first-order valence-corrected chi connectivity index (χ1v) is 13.5. The van der Waals surface area contributed by atoms with Crippen molar-refractivity contribution < 1.29 is 61.0 Å². The highest BCUT2D eigenvalue weighted by Crippen LogP contribution is 2.67. The number of nitrogens with one attached hydrogen (secondary N) is 1. The molecule has 0 saturated carbocycles. The fourth-order valence-electron chi connectivity index (χ4n) is 3.70. The van der Waals surface area contributed by atoms with Gasteiger partial charge in [0.2, 0.25) is 5.95 Å². The second-order valence-electron chi connectivity index (χ2n) is 7.55. The molecule has 6 atom stereocenters. The monoisotopic (exact) mass is 549 g/mol. The number of nitrogens with two attached hydrogens (primary N) is 1. The molecule has 0 aromatic carbocycles. The molecule has 190 valence electrons. The molecule has 0 spiro atoms. The number of nitrogens with zero attached hydrogens (tertiary/aromatic N) is 3. The second-order valence-corrected chi connectivity index (χ2v) is 12.0. The van der Waals surface area contributed by atoms with E-state index in [9.17, 15) is 33.4 Å². The number of aliphatic hydroxyl groups excluding tert-OH is 1. The van der Waals surface area contributed by atoms with Gasteiger partial charge in [-0.05, 0) is 6.92 Å². The number of aliphatic hydroxyl groups is 1. The average molecular weight is 549 g/mol. The number of phosphoric acid groups is 3. The Kier molecular flexibility index (Phi) is 5.99. The van der Waals surface area contributed by atoms with Crippen LogP contribution in [0.4, 0.5) is 5.95 Å². The van der Waals surface area contributed by atoms with Crippen molar-refractivity contribution >= 4 is 40.6 Å². The maximum absolute atomic E-state index is 12.1. The van der Waals surface area contributed by atoms with E-state index in [0.29, 0.717) is 0 Å². The van der Waals surface area contributed by atoms with Gasteiger partial charge in [0.15, 0.2) is 17.4 Å². The summed E-state index contributed by atoms with van der Waals surface area (Å²) in [6, 6.07) is 0. The van der Waals surface area contributed by atoms with Crippen LogP contribution in [0.2, 0.25) is 0 Å². The summed E-state index contributed by atoms with van der Waals surface area (Å²) in [7, 11) is -16.8. The molecule has 2 aromatic heterocycles. The normalized spacial score (nSPS) is 32.6. The number of anilines is 1. The van der Waals surface area contributed by atoms with Gasteiger partial charge in [-0.15, -0.1) is 0 Å². The lowest BCUT2D eigenvalue weighted by atomic mass is 9.92. The molecule has 2 aromatic rings. The fraction of sp³-hybridized carbons (Fsp3) is 0.583. The van der Waals surface area contributed by atoms with Gasteiger partial charge in [0.05, 0.1) is 19.5 Å². The highest BCUT2D eigenvalue weighted by Gasteiger charge is 2.69. The quantitative estimate of drug-likeness (QED) is 0.184. The second kappa shape index (κ2) is 7.97. The van der Waals surface area contributed by atoms with Crippen molar-refractivity contribution in [1.29, 1.82) is 0 Å². The van der Waals surface area contributed by atoms with Crippen molar-refractivity contribution in [3.63, 3.8) is 0 Å². The lowest BCUT2D eigenvalue weighted by molar-refractivity contribution is -0.210. The third-order valence-corrected chi connectivity index (χ3v) is 8.88. The van der Waals surface area contributed by atoms with Crippen LogP contribution in [0, 0.1) is 0 Å². The van der Waals surface area contributed by atoms with E-state index in [1.165, 1.54) is 17.8 Å². The van der Waals surface area contributed by atoms with Gasteiger partial charge < -0.3 is 39.9 Å². The number of ether oxygens (including phenoxy) is 2. The lowest BCUT2D eigenvalue weighted by Gasteiger charge is -2.34. The summed E-state index contributed by atoms with van der Waals surface area (Å²) in [5, 5.41) is 10.9. The van der Waals surface area contributed by atoms with Crippen LogP contribution < -0.4 is 11.3 Å². The molecule has 34 heavy (non-hydrogen) atoms. The first-order valence-electron chi connectivity index (χ1n) is 8.98. The summed E-state index contributed by atoms with van der Waals surface area (Å²) < 4.78 is 59.0. The summed E-state index contributed by atoms with van der Waals surface area (Å²) in [4.78, 5) is 58.4. The largest absolute Gasteiger partial charge is 0.490 e. The molecule has 2 fully saturated rings. The maximum Gasteiger partial charge on any atom is 0.490 e. The van der Waals surface area contributed by atoms with Crippen molar-refractivity contribution in [2.45, 2.75) is 30.5 Å². The Morgan fingerprint density at radius 2 is 1.94 bits per heavy atom. The third kappa shape index (κ3) is 4.52. The van der Waals surface area contributed by atoms with Gasteiger partial charge in [-0.3, -0.25) is 18.9 Å². The first kappa shape index (κ1) is 25.5. The van der Waals surface area contributed by atoms with Gasteiger partial charge in [-0.2, -0.15) is 13.6 Å². The van der Waals surface area contributed by atoms with Crippen molar-refractivity contribution in [2.24, 2.45) is 0 Å². The first-order chi connectivity index (χ1) is 15.5. The number of hydrogen-bond acceptors (Lipinski definition) is 13. The Morgan fingerprint density at radius 3 is 2.59 bits per heavy atom. The van der Waals surface area contributed by atoms with E-state index in [1.54, 1.807) is 0 Å². The number of imidazole rings is 1. The summed E-state index contributed by atoms with van der Waals surface area (Å²) in [5.41, 5.74) is 1.49. The predicted octanol–water partition coefficient (Wildman–Crippen LogP) is -1.54. The molecular formula is C12H18N5O14P3. The lowest BCUT2D eigenvalue weighted by Crippen LogP contribution is -2.45. The highest BCUT2D eigenvalue weighted by molar-refractivity contribution is 7.66. The van der Waals surface area contributed by atoms with Crippen LogP contribution in [-0.2, 0) is 36.3 Å². The van der Waals surface area contributed by atoms with Crippen molar-refractivity contribution in [3.05, 3.63) is 16.7 Å². The van der Waals surface area contributed by atoms with Crippen molar-refractivity contribution in [2.75, 3.05) is 18.9 Å². The molecule has 0 amide bonds. The molecule has 2 aliphatic rings. The van der Waals surface area contributed by atoms with Crippen LogP contribution in [0.1, 0.15) is 13.2 Å². The van der Waals surface area contributed by atoms with Gasteiger partial charge in [-0.25, -0.2) is 18.7 Å². The number of nitrogen functional groups attached to an aromatic ring is 1. The number of fused-ring (bicyclic) bond motifs is 3. The van der Waals surface area contributed by atoms with E-state index >= 15 is 0 Å². The molecule has 2 unspecified atom stereocenters. The van der Waals surface area contributed by atoms with E-state index in [1.807, 2.05) is 0 Å². The average Bonchev–Trinajstić information content (AvgIpc) is 3.24. The van der Waals surface area contributed by atoms with Gasteiger partial charge in [0.25, 0.3) is 5.56 Å². The van der Waals surface area contributed by atoms with Crippen LogP contribution in [0.5, 0.6) is 0 Å². The van der Waals surface area contributed by atoms with Crippen LogP contribution in [0.25, 0.3) is 11.2 Å². The Hall–Kier alpha value is -1.56. The number of rotatable bonds is 8. The number of phosphoric ester groups is 1. The molecule has 19 nitrogen and oxygen atoms in total. The number of aromatic nitrogens is 4. The summed E-state index contributed by atoms with van der Waals surface area (Å²) >= 11 is 0. The minimum absolute atomic E-state index is 0.0149. The van der Waals surface area contributed by atoms with Crippen molar-refractivity contribution in [1.82, 2.24) is 19.5 Å². The smallest absolute Gasteiger partial charge is 0.387 e. The summed E-state index contributed by atoms with van der Waals surface area (Å²) in [6.07, 6.45) is -1.54. The third-order valence-electron chi connectivity index (χ3n) is 5.10. The van der Waals surface area contributed by atoms with E-state index in [2.05, 4.69) is 28.1 Å². The molecule has 0 aliphatic carbocycles. The molecule has 2 bridgehead atoms. The number of hydrogen-bond donors (Lipinski definition) is 7. The van der Waals surface area contributed by atoms with Crippen LogP contribution >= 0.6 is 23.5 Å². The van der Waals surface area contributed by atoms with Gasteiger partial charge in [0, 0.05) is 0 Å². The zero-order valence-corrected chi connectivity index (χ0v) is 19.5. The summed E-state index contributed by atoms with van der Waals surface area (Å²) in [5.74, 6) is -0.226. The molecule has 22 heteroatoms. The van der Waals surface area contributed by atoms with E-state index < -0.39 is 59.2 Å². The van der Waals surface area contributed by atoms with Crippen LogP contribution in [0.3, 0.4) is 0 Å². The Morgan fingerprint density at radius 1 is 1.26 bits per heavy atom. The van der Waals surface area contributed by atoms with Crippen molar-refractivity contribution in [3.8, 4) is 0 Å². The molecule has 4 rings (SSSR count).